The predicted molar refractivity (Wildman–Crippen MR) is 87.0 cm³/mol. The van der Waals surface area contributed by atoms with Crippen molar-refractivity contribution in [2.45, 2.75) is 52.1 Å². The van der Waals surface area contributed by atoms with E-state index in [4.69, 9.17) is 0 Å². The third-order valence-corrected chi connectivity index (χ3v) is 4.19. The van der Waals surface area contributed by atoms with Gasteiger partial charge in [-0.05, 0) is 37.3 Å². The van der Waals surface area contributed by atoms with Crippen LogP contribution >= 0.6 is 0 Å². The van der Waals surface area contributed by atoms with Gasteiger partial charge in [0.05, 0.1) is 0 Å². The summed E-state index contributed by atoms with van der Waals surface area (Å²) >= 11 is 0. The van der Waals surface area contributed by atoms with Crippen LogP contribution in [0.1, 0.15) is 39.2 Å². The summed E-state index contributed by atoms with van der Waals surface area (Å²) in [6.07, 6.45) is 3.71. The van der Waals surface area contributed by atoms with Gasteiger partial charge in [0.2, 0.25) is 0 Å². The van der Waals surface area contributed by atoms with Gasteiger partial charge in [0, 0.05) is 25.2 Å². The SMILES string of the molecule is CCCN1CC(CC(C)C)NCC1Cc1ccccc1. The lowest BCUT2D eigenvalue weighted by Crippen LogP contribution is -2.57. The van der Waals surface area contributed by atoms with Crippen LogP contribution in [0.25, 0.3) is 0 Å². The summed E-state index contributed by atoms with van der Waals surface area (Å²) < 4.78 is 0. The molecule has 20 heavy (non-hydrogen) atoms. The normalized spacial score (nSPS) is 24.2. The van der Waals surface area contributed by atoms with Crippen LogP contribution in [0.4, 0.5) is 0 Å². The van der Waals surface area contributed by atoms with Crippen LogP contribution in [0.15, 0.2) is 30.3 Å². The fraction of sp³-hybridized carbons (Fsp3) is 0.667. The fourth-order valence-corrected chi connectivity index (χ4v) is 3.30. The molecule has 0 aromatic heterocycles. The van der Waals surface area contributed by atoms with Gasteiger partial charge in [-0.15, -0.1) is 0 Å². The van der Waals surface area contributed by atoms with Crippen molar-refractivity contribution in [3.8, 4) is 0 Å². The van der Waals surface area contributed by atoms with E-state index in [0.29, 0.717) is 12.1 Å². The molecule has 0 amide bonds. The van der Waals surface area contributed by atoms with Crippen molar-refractivity contribution in [1.29, 1.82) is 0 Å². The summed E-state index contributed by atoms with van der Waals surface area (Å²) in [5.41, 5.74) is 1.46. The molecular formula is C18H30N2. The molecule has 1 N–H and O–H groups in total. The summed E-state index contributed by atoms with van der Waals surface area (Å²) in [5, 5.41) is 3.77. The molecule has 0 aliphatic carbocycles. The van der Waals surface area contributed by atoms with E-state index in [1.807, 2.05) is 0 Å². The zero-order chi connectivity index (χ0) is 14.4. The second kappa shape index (κ2) is 7.80. The maximum absolute atomic E-state index is 3.77. The van der Waals surface area contributed by atoms with E-state index in [2.05, 4.69) is 61.3 Å². The standard InChI is InChI=1S/C18H30N2/c1-4-10-20-14-17(11-15(2)3)19-13-18(20)12-16-8-6-5-7-9-16/h5-9,15,17-19H,4,10-14H2,1-3H3. The lowest BCUT2D eigenvalue weighted by Gasteiger charge is -2.41. The molecule has 2 atom stereocenters. The fourth-order valence-electron chi connectivity index (χ4n) is 3.30. The molecule has 0 bridgehead atoms. The largest absolute Gasteiger partial charge is 0.311 e. The molecule has 0 saturated carbocycles. The highest BCUT2D eigenvalue weighted by molar-refractivity contribution is 5.16. The van der Waals surface area contributed by atoms with Crippen molar-refractivity contribution in [2.75, 3.05) is 19.6 Å². The Morgan fingerprint density at radius 3 is 2.65 bits per heavy atom. The second-order valence-corrected chi connectivity index (χ2v) is 6.57. The Morgan fingerprint density at radius 1 is 1.25 bits per heavy atom. The van der Waals surface area contributed by atoms with Crippen molar-refractivity contribution in [3.05, 3.63) is 35.9 Å². The molecule has 1 aliphatic rings. The number of rotatable bonds is 6. The van der Waals surface area contributed by atoms with Crippen molar-refractivity contribution in [2.24, 2.45) is 5.92 Å². The maximum Gasteiger partial charge on any atom is 0.0261 e. The van der Waals surface area contributed by atoms with E-state index in [0.717, 1.165) is 12.5 Å². The molecule has 2 unspecified atom stereocenters. The Labute approximate surface area is 124 Å². The van der Waals surface area contributed by atoms with Gasteiger partial charge in [0.15, 0.2) is 0 Å². The van der Waals surface area contributed by atoms with Gasteiger partial charge in [-0.3, -0.25) is 4.90 Å². The number of benzene rings is 1. The Morgan fingerprint density at radius 2 is 2.00 bits per heavy atom. The van der Waals surface area contributed by atoms with Crippen molar-refractivity contribution >= 4 is 0 Å². The summed E-state index contributed by atoms with van der Waals surface area (Å²) in [4.78, 5) is 2.70. The van der Waals surface area contributed by atoms with Crippen LogP contribution in [-0.2, 0) is 6.42 Å². The molecule has 1 aromatic rings. The molecule has 1 aromatic carbocycles. The third kappa shape index (κ3) is 4.60. The topological polar surface area (TPSA) is 15.3 Å². The predicted octanol–water partition coefficient (Wildman–Crippen LogP) is 3.33. The van der Waals surface area contributed by atoms with Crippen LogP contribution < -0.4 is 5.32 Å². The Balaban J connectivity index is 1.94. The highest BCUT2D eigenvalue weighted by Crippen LogP contribution is 2.17. The number of nitrogens with zero attached hydrogens (tertiary/aromatic N) is 1. The van der Waals surface area contributed by atoms with Crippen LogP contribution in [-0.4, -0.2) is 36.6 Å². The molecule has 1 fully saturated rings. The van der Waals surface area contributed by atoms with Gasteiger partial charge in [-0.1, -0.05) is 51.1 Å². The van der Waals surface area contributed by atoms with Gasteiger partial charge >= 0.3 is 0 Å². The van der Waals surface area contributed by atoms with Gasteiger partial charge < -0.3 is 5.32 Å². The van der Waals surface area contributed by atoms with Crippen LogP contribution in [0.3, 0.4) is 0 Å². The maximum atomic E-state index is 3.77. The van der Waals surface area contributed by atoms with Crippen molar-refractivity contribution in [1.82, 2.24) is 10.2 Å². The first-order valence-electron chi connectivity index (χ1n) is 8.20. The molecule has 0 spiro atoms. The van der Waals surface area contributed by atoms with E-state index in [9.17, 15) is 0 Å². The minimum atomic E-state index is 0.653. The molecule has 2 heteroatoms. The smallest absolute Gasteiger partial charge is 0.0261 e. The average molecular weight is 274 g/mol. The highest BCUT2D eigenvalue weighted by atomic mass is 15.2. The minimum absolute atomic E-state index is 0.653. The van der Waals surface area contributed by atoms with E-state index < -0.39 is 0 Å². The second-order valence-electron chi connectivity index (χ2n) is 6.57. The first-order chi connectivity index (χ1) is 9.69. The number of hydrogen-bond donors (Lipinski definition) is 1. The molecule has 1 aliphatic heterocycles. The van der Waals surface area contributed by atoms with E-state index in [-0.39, 0.29) is 0 Å². The van der Waals surface area contributed by atoms with Gasteiger partial charge in [-0.25, -0.2) is 0 Å². The van der Waals surface area contributed by atoms with Crippen molar-refractivity contribution in [3.63, 3.8) is 0 Å². The van der Waals surface area contributed by atoms with E-state index >= 15 is 0 Å². The van der Waals surface area contributed by atoms with E-state index in [1.165, 1.54) is 37.9 Å². The molecule has 2 rings (SSSR count). The first kappa shape index (κ1) is 15.5. The van der Waals surface area contributed by atoms with Crippen LogP contribution in [0.5, 0.6) is 0 Å². The third-order valence-electron chi connectivity index (χ3n) is 4.19. The van der Waals surface area contributed by atoms with Crippen molar-refractivity contribution < 1.29 is 0 Å². The Kier molecular flexibility index (Phi) is 6.06. The summed E-state index contributed by atoms with van der Waals surface area (Å²) in [5.74, 6) is 0.779. The molecule has 2 nitrogen and oxygen atoms in total. The summed E-state index contributed by atoms with van der Waals surface area (Å²) in [7, 11) is 0. The van der Waals surface area contributed by atoms with Crippen LogP contribution in [0.2, 0.25) is 0 Å². The molecule has 1 saturated heterocycles. The monoisotopic (exact) mass is 274 g/mol. The Bertz CT molecular complexity index is 374. The minimum Gasteiger partial charge on any atom is -0.311 e. The summed E-state index contributed by atoms with van der Waals surface area (Å²) in [6.45, 7) is 10.5. The van der Waals surface area contributed by atoms with Crippen LogP contribution in [0, 0.1) is 5.92 Å². The summed E-state index contributed by atoms with van der Waals surface area (Å²) in [6, 6.07) is 12.2. The van der Waals surface area contributed by atoms with E-state index in [1.54, 1.807) is 0 Å². The molecule has 0 radical (unpaired) electrons. The quantitative estimate of drug-likeness (QED) is 0.856. The molecule has 112 valence electrons. The average Bonchev–Trinajstić information content (AvgIpc) is 2.42. The Hall–Kier alpha value is -0.860. The zero-order valence-electron chi connectivity index (χ0n) is 13.3. The molecule has 1 heterocycles. The van der Waals surface area contributed by atoms with Gasteiger partial charge in [0.25, 0.3) is 0 Å². The lowest BCUT2D eigenvalue weighted by atomic mass is 9.96. The number of piperazine rings is 1. The first-order valence-corrected chi connectivity index (χ1v) is 8.20. The number of nitrogens with one attached hydrogen (secondary N) is 1. The highest BCUT2D eigenvalue weighted by Gasteiger charge is 2.27. The van der Waals surface area contributed by atoms with Gasteiger partial charge in [0.1, 0.15) is 0 Å². The van der Waals surface area contributed by atoms with Gasteiger partial charge in [-0.2, -0.15) is 0 Å². The zero-order valence-corrected chi connectivity index (χ0v) is 13.3. The number of hydrogen-bond acceptors (Lipinski definition) is 2. The lowest BCUT2D eigenvalue weighted by molar-refractivity contribution is 0.121. The molecular weight excluding hydrogens is 244 g/mol.